The molecular formula is C17H14Cl2F3N3O3. The molecule has 0 radical (unpaired) electrons. The molecule has 150 valence electrons. The summed E-state index contributed by atoms with van der Waals surface area (Å²) in [6.07, 6.45) is -4.74. The monoisotopic (exact) mass is 435 g/mol. The summed E-state index contributed by atoms with van der Waals surface area (Å²) in [5.74, 6) is -0.376. The van der Waals surface area contributed by atoms with Gasteiger partial charge in [0.15, 0.2) is 0 Å². The van der Waals surface area contributed by atoms with E-state index in [0.29, 0.717) is 21.7 Å². The van der Waals surface area contributed by atoms with E-state index >= 15 is 0 Å². The fourth-order valence-electron chi connectivity index (χ4n) is 2.33. The summed E-state index contributed by atoms with van der Waals surface area (Å²) in [4.78, 5) is 22.1. The highest BCUT2D eigenvalue weighted by molar-refractivity contribution is 6.36. The molecule has 2 aromatic rings. The van der Waals surface area contributed by atoms with Crippen LogP contribution in [0.15, 0.2) is 36.4 Å². The van der Waals surface area contributed by atoms with E-state index in [4.69, 9.17) is 23.2 Å². The van der Waals surface area contributed by atoms with Crippen molar-refractivity contribution in [1.29, 1.82) is 0 Å². The van der Waals surface area contributed by atoms with E-state index < -0.39 is 22.4 Å². The van der Waals surface area contributed by atoms with Gasteiger partial charge in [-0.1, -0.05) is 29.3 Å². The zero-order valence-electron chi connectivity index (χ0n) is 14.1. The van der Waals surface area contributed by atoms with Crippen LogP contribution in [0.4, 0.5) is 24.5 Å². The maximum absolute atomic E-state index is 12.7. The summed E-state index contributed by atoms with van der Waals surface area (Å²) in [5, 5.41) is 16.9. The second kappa shape index (κ2) is 9.11. The van der Waals surface area contributed by atoms with Gasteiger partial charge in [0.25, 0.3) is 5.69 Å². The number of carbonyl (C=O) groups is 1. The van der Waals surface area contributed by atoms with Gasteiger partial charge in [-0.15, -0.1) is 0 Å². The third-order valence-corrected chi connectivity index (χ3v) is 4.39. The third-order valence-electron chi connectivity index (χ3n) is 3.68. The molecule has 2 rings (SSSR count). The number of carbonyl (C=O) groups excluding carboxylic acids is 1. The van der Waals surface area contributed by atoms with Crippen molar-refractivity contribution in [1.82, 2.24) is 5.32 Å². The summed E-state index contributed by atoms with van der Waals surface area (Å²) in [6, 6.07) is 7.02. The molecule has 28 heavy (non-hydrogen) atoms. The van der Waals surface area contributed by atoms with Crippen LogP contribution in [0, 0.1) is 10.1 Å². The fraction of sp³-hybridized carbons (Fsp3) is 0.235. The first kappa shape index (κ1) is 21.8. The smallest absolute Gasteiger partial charge is 0.378 e. The Labute approximate surface area is 167 Å². The van der Waals surface area contributed by atoms with Crippen LogP contribution in [-0.2, 0) is 17.4 Å². The normalized spacial score (nSPS) is 11.2. The number of nitro groups is 1. The fourth-order valence-corrected chi connectivity index (χ4v) is 2.86. The highest BCUT2D eigenvalue weighted by atomic mass is 35.5. The Balaban J connectivity index is 1.93. The maximum Gasteiger partial charge on any atom is 0.416 e. The Morgan fingerprint density at radius 2 is 1.75 bits per heavy atom. The zero-order valence-corrected chi connectivity index (χ0v) is 15.7. The summed E-state index contributed by atoms with van der Waals surface area (Å²) >= 11 is 12.0. The van der Waals surface area contributed by atoms with Gasteiger partial charge in [-0.3, -0.25) is 14.9 Å². The predicted octanol–water partition coefficient (Wildman–Crippen LogP) is 4.69. The van der Waals surface area contributed by atoms with Gasteiger partial charge in [-0.05, 0) is 29.8 Å². The van der Waals surface area contributed by atoms with Gasteiger partial charge >= 0.3 is 6.18 Å². The van der Waals surface area contributed by atoms with Crippen molar-refractivity contribution >= 4 is 40.5 Å². The molecule has 0 bridgehead atoms. The SMILES string of the molecule is O=C(Cc1c(Cl)cccc1Cl)NCCNc1ccc(C(F)(F)F)cc1[N+](=O)[O-]. The molecular weight excluding hydrogens is 422 g/mol. The number of rotatable bonds is 7. The number of halogens is 5. The van der Waals surface area contributed by atoms with Crippen molar-refractivity contribution in [2.45, 2.75) is 12.6 Å². The Morgan fingerprint density at radius 3 is 2.32 bits per heavy atom. The molecule has 0 unspecified atom stereocenters. The molecule has 0 aliphatic heterocycles. The average Bonchev–Trinajstić information content (AvgIpc) is 2.61. The number of hydrogen-bond acceptors (Lipinski definition) is 4. The van der Waals surface area contributed by atoms with Crippen molar-refractivity contribution in [2.75, 3.05) is 18.4 Å². The Bertz CT molecular complexity index is 871. The van der Waals surface area contributed by atoms with Crippen molar-refractivity contribution < 1.29 is 22.9 Å². The Hall–Kier alpha value is -2.52. The molecule has 0 aromatic heterocycles. The van der Waals surface area contributed by atoms with Crippen LogP contribution in [0.3, 0.4) is 0 Å². The lowest BCUT2D eigenvalue weighted by atomic mass is 10.1. The van der Waals surface area contributed by atoms with Crippen molar-refractivity contribution in [3.63, 3.8) is 0 Å². The summed E-state index contributed by atoms with van der Waals surface area (Å²) in [6.45, 7) is 0.146. The predicted molar refractivity (Wildman–Crippen MR) is 99.8 cm³/mol. The van der Waals surface area contributed by atoms with E-state index in [9.17, 15) is 28.1 Å². The Morgan fingerprint density at radius 1 is 1.11 bits per heavy atom. The number of amides is 1. The number of anilines is 1. The molecule has 2 aromatic carbocycles. The molecule has 0 spiro atoms. The van der Waals surface area contributed by atoms with Gasteiger partial charge in [-0.25, -0.2) is 0 Å². The van der Waals surface area contributed by atoms with Gasteiger partial charge in [0.1, 0.15) is 5.69 Å². The molecule has 0 aliphatic rings. The van der Waals surface area contributed by atoms with Gasteiger partial charge in [0.05, 0.1) is 16.9 Å². The van der Waals surface area contributed by atoms with E-state index in [1.807, 2.05) is 0 Å². The number of nitro benzene ring substituents is 1. The van der Waals surface area contributed by atoms with E-state index in [1.165, 1.54) is 0 Å². The lowest BCUT2D eigenvalue weighted by Crippen LogP contribution is -2.30. The van der Waals surface area contributed by atoms with Gasteiger partial charge in [0, 0.05) is 29.2 Å². The largest absolute Gasteiger partial charge is 0.416 e. The molecule has 0 saturated heterocycles. The van der Waals surface area contributed by atoms with Crippen molar-refractivity contribution in [2.24, 2.45) is 0 Å². The van der Waals surface area contributed by atoms with Crippen LogP contribution in [-0.4, -0.2) is 23.9 Å². The molecule has 6 nitrogen and oxygen atoms in total. The minimum atomic E-state index is -4.68. The first-order chi connectivity index (χ1) is 13.1. The number of benzene rings is 2. The quantitative estimate of drug-likeness (QED) is 0.375. The summed E-state index contributed by atoms with van der Waals surface area (Å²) in [5.41, 5.74) is -1.44. The molecule has 0 atom stereocenters. The average molecular weight is 436 g/mol. The Kier molecular flexibility index (Phi) is 7.09. The van der Waals surface area contributed by atoms with E-state index in [1.54, 1.807) is 18.2 Å². The minimum absolute atomic E-state index is 0.0566. The molecule has 0 aliphatic carbocycles. The summed E-state index contributed by atoms with van der Waals surface area (Å²) < 4.78 is 38.1. The molecule has 1 amide bonds. The summed E-state index contributed by atoms with van der Waals surface area (Å²) in [7, 11) is 0. The van der Waals surface area contributed by atoms with E-state index in [0.717, 1.165) is 12.1 Å². The van der Waals surface area contributed by atoms with Crippen molar-refractivity contribution in [3.8, 4) is 0 Å². The maximum atomic E-state index is 12.7. The van der Waals surface area contributed by atoms with E-state index in [2.05, 4.69) is 10.6 Å². The molecule has 11 heteroatoms. The first-order valence-electron chi connectivity index (χ1n) is 7.88. The second-order valence-corrected chi connectivity index (χ2v) is 6.45. The van der Waals surface area contributed by atoms with Crippen LogP contribution in [0.25, 0.3) is 0 Å². The molecule has 0 heterocycles. The van der Waals surface area contributed by atoms with Crippen LogP contribution in [0.5, 0.6) is 0 Å². The molecule has 0 saturated carbocycles. The highest BCUT2D eigenvalue weighted by Gasteiger charge is 2.33. The third kappa shape index (κ3) is 5.74. The number of alkyl halides is 3. The second-order valence-electron chi connectivity index (χ2n) is 5.64. The molecule has 0 fully saturated rings. The standard InChI is InChI=1S/C17H14Cl2F3N3O3/c18-12-2-1-3-13(19)11(12)9-16(26)24-7-6-23-14-5-4-10(17(20,21)22)8-15(14)25(27)28/h1-5,8,23H,6-7,9H2,(H,24,26). The topological polar surface area (TPSA) is 84.3 Å². The van der Waals surface area contributed by atoms with Crippen LogP contribution in [0.2, 0.25) is 10.0 Å². The van der Waals surface area contributed by atoms with Crippen molar-refractivity contribution in [3.05, 3.63) is 67.7 Å². The van der Waals surface area contributed by atoms with Gasteiger partial charge in [-0.2, -0.15) is 13.2 Å². The van der Waals surface area contributed by atoms with Crippen LogP contribution < -0.4 is 10.6 Å². The zero-order chi connectivity index (χ0) is 20.9. The highest BCUT2D eigenvalue weighted by Crippen LogP contribution is 2.34. The number of nitrogens with zero attached hydrogens (tertiary/aromatic N) is 1. The lowest BCUT2D eigenvalue weighted by molar-refractivity contribution is -0.384. The lowest BCUT2D eigenvalue weighted by Gasteiger charge is -2.11. The van der Waals surface area contributed by atoms with E-state index in [-0.39, 0.29) is 31.1 Å². The van der Waals surface area contributed by atoms with Crippen LogP contribution in [0.1, 0.15) is 11.1 Å². The number of hydrogen-bond donors (Lipinski definition) is 2. The minimum Gasteiger partial charge on any atom is -0.378 e. The number of nitrogens with one attached hydrogen (secondary N) is 2. The van der Waals surface area contributed by atoms with Crippen LogP contribution >= 0.6 is 23.2 Å². The van der Waals surface area contributed by atoms with Gasteiger partial charge < -0.3 is 10.6 Å². The van der Waals surface area contributed by atoms with Gasteiger partial charge in [0.2, 0.25) is 5.91 Å². The first-order valence-corrected chi connectivity index (χ1v) is 8.64. The molecule has 2 N–H and O–H groups in total.